The van der Waals surface area contributed by atoms with Crippen molar-refractivity contribution in [3.63, 3.8) is 0 Å². The van der Waals surface area contributed by atoms with Crippen LogP contribution in [0.5, 0.6) is 0 Å². The molecule has 0 spiro atoms. The molecule has 1 aliphatic rings. The zero-order valence-corrected chi connectivity index (χ0v) is 15.3. The normalized spacial score (nSPS) is 17.0. The summed E-state index contributed by atoms with van der Waals surface area (Å²) in [6.07, 6.45) is 1.64. The second kappa shape index (κ2) is 8.49. The van der Waals surface area contributed by atoms with Crippen molar-refractivity contribution >= 4 is 23.4 Å². The molecule has 1 N–H and O–H groups in total. The molecule has 0 bridgehead atoms. The van der Waals surface area contributed by atoms with Gasteiger partial charge in [-0.15, -0.1) is 0 Å². The van der Waals surface area contributed by atoms with Crippen molar-refractivity contribution < 1.29 is 9.59 Å². The number of nitrogens with zero attached hydrogens (tertiary/aromatic N) is 2. The Morgan fingerprint density at radius 1 is 1.38 bits per heavy atom. The van der Waals surface area contributed by atoms with Gasteiger partial charge in [-0.2, -0.15) is 0 Å². The number of likely N-dealkylation sites (N-methyl/N-ethyl adjacent to an activating group) is 1. The Bertz CT molecular complexity index is 585. The van der Waals surface area contributed by atoms with E-state index in [0.29, 0.717) is 11.6 Å². The molecule has 1 saturated heterocycles. The molecule has 6 heteroatoms. The second-order valence-corrected chi connectivity index (χ2v) is 6.93. The van der Waals surface area contributed by atoms with Gasteiger partial charge < -0.3 is 10.2 Å². The first-order valence-corrected chi connectivity index (χ1v) is 8.75. The average molecular weight is 352 g/mol. The zero-order valence-electron chi connectivity index (χ0n) is 14.6. The first kappa shape index (κ1) is 18.7. The van der Waals surface area contributed by atoms with Crippen LogP contribution >= 0.6 is 11.6 Å². The molecule has 0 radical (unpaired) electrons. The van der Waals surface area contributed by atoms with E-state index in [9.17, 15) is 9.59 Å². The van der Waals surface area contributed by atoms with Gasteiger partial charge in [0.05, 0.1) is 6.54 Å². The Morgan fingerprint density at radius 3 is 2.62 bits per heavy atom. The Kier molecular flexibility index (Phi) is 6.63. The Labute approximate surface area is 149 Å². The number of piperidine rings is 1. The van der Waals surface area contributed by atoms with E-state index in [2.05, 4.69) is 12.2 Å². The van der Waals surface area contributed by atoms with Gasteiger partial charge in [-0.1, -0.05) is 23.7 Å². The number of rotatable bonds is 5. The number of halogens is 1. The monoisotopic (exact) mass is 351 g/mol. The summed E-state index contributed by atoms with van der Waals surface area (Å²) in [6, 6.07) is 7.97. The summed E-state index contributed by atoms with van der Waals surface area (Å²) in [7, 11) is 1.93. The fourth-order valence-electron chi connectivity index (χ4n) is 3.00. The van der Waals surface area contributed by atoms with Crippen LogP contribution in [-0.4, -0.2) is 54.3 Å². The summed E-state index contributed by atoms with van der Waals surface area (Å²) in [5.74, 6) is 0.127. The lowest BCUT2D eigenvalue weighted by atomic mass is 10.0. The van der Waals surface area contributed by atoms with Crippen LogP contribution in [0.2, 0.25) is 5.02 Å². The van der Waals surface area contributed by atoms with Crippen LogP contribution in [0.15, 0.2) is 24.3 Å². The number of hydrogen-bond donors (Lipinski definition) is 1. The summed E-state index contributed by atoms with van der Waals surface area (Å²) in [5.41, 5.74) is 1.09. The minimum atomic E-state index is 0.0210. The number of carbonyl (C=O) groups excluding carboxylic acids is 2. The molecular formula is C18H26ClN3O2. The van der Waals surface area contributed by atoms with Crippen molar-refractivity contribution in [3.8, 4) is 0 Å². The first-order valence-electron chi connectivity index (χ1n) is 8.37. The van der Waals surface area contributed by atoms with Crippen molar-refractivity contribution in [3.05, 3.63) is 34.9 Å². The fourth-order valence-corrected chi connectivity index (χ4v) is 3.20. The van der Waals surface area contributed by atoms with Gasteiger partial charge in [-0.3, -0.25) is 14.5 Å². The van der Waals surface area contributed by atoms with Crippen molar-refractivity contribution in [2.24, 2.45) is 0 Å². The van der Waals surface area contributed by atoms with Crippen LogP contribution in [0.1, 0.15) is 38.3 Å². The van der Waals surface area contributed by atoms with E-state index in [1.54, 1.807) is 6.92 Å². The maximum Gasteiger partial charge on any atom is 0.234 e. The summed E-state index contributed by atoms with van der Waals surface area (Å²) in [5, 5.41) is 3.79. The lowest BCUT2D eigenvalue weighted by Crippen LogP contribution is -2.48. The Balaban J connectivity index is 1.80. The molecule has 5 nitrogen and oxygen atoms in total. The molecule has 2 rings (SSSR count). The lowest BCUT2D eigenvalue weighted by molar-refractivity contribution is -0.130. The predicted octanol–water partition coefficient (Wildman–Crippen LogP) is 2.46. The highest BCUT2D eigenvalue weighted by Gasteiger charge is 2.23. The van der Waals surface area contributed by atoms with Crippen molar-refractivity contribution in [1.29, 1.82) is 0 Å². The van der Waals surface area contributed by atoms with Crippen LogP contribution in [0.3, 0.4) is 0 Å². The van der Waals surface area contributed by atoms with E-state index in [0.717, 1.165) is 31.5 Å². The number of hydrogen-bond acceptors (Lipinski definition) is 3. The van der Waals surface area contributed by atoms with Gasteiger partial charge in [0.25, 0.3) is 0 Å². The molecule has 0 saturated carbocycles. The van der Waals surface area contributed by atoms with Gasteiger partial charge in [0, 0.05) is 37.1 Å². The van der Waals surface area contributed by atoms with Gasteiger partial charge in [-0.05, 0) is 44.5 Å². The highest BCUT2D eigenvalue weighted by atomic mass is 35.5. The molecule has 0 aromatic heterocycles. The quantitative estimate of drug-likeness (QED) is 0.886. The number of benzene rings is 1. The maximum atomic E-state index is 12.3. The van der Waals surface area contributed by atoms with E-state index in [4.69, 9.17) is 11.6 Å². The molecule has 132 valence electrons. The number of amides is 2. The molecule has 1 aromatic rings. The van der Waals surface area contributed by atoms with Crippen LogP contribution in [0, 0.1) is 0 Å². The van der Waals surface area contributed by atoms with E-state index < -0.39 is 0 Å². The van der Waals surface area contributed by atoms with Crippen LogP contribution in [0.4, 0.5) is 0 Å². The minimum Gasteiger partial charge on any atom is -0.352 e. The van der Waals surface area contributed by atoms with E-state index in [-0.39, 0.29) is 23.9 Å². The predicted molar refractivity (Wildman–Crippen MR) is 95.9 cm³/mol. The number of carbonyl (C=O) groups is 2. The van der Waals surface area contributed by atoms with Crippen molar-refractivity contribution in [1.82, 2.24) is 15.1 Å². The molecule has 2 amide bonds. The molecule has 1 unspecified atom stereocenters. The van der Waals surface area contributed by atoms with Gasteiger partial charge in [0.2, 0.25) is 11.8 Å². The highest BCUT2D eigenvalue weighted by Crippen LogP contribution is 2.21. The highest BCUT2D eigenvalue weighted by molar-refractivity contribution is 6.30. The van der Waals surface area contributed by atoms with Gasteiger partial charge in [0.1, 0.15) is 0 Å². The van der Waals surface area contributed by atoms with Gasteiger partial charge in [-0.25, -0.2) is 0 Å². The van der Waals surface area contributed by atoms with Crippen molar-refractivity contribution in [2.45, 2.75) is 38.8 Å². The molecule has 1 heterocycles. The first-order chi connectivity index (χ1) is 11.4. The summed E-state index contributed by atoms with van der Waals surface area (Å²) < 4.78 is 0. The Hall–Kier alpha value is -1.59. The number of likely N-dealkylation sites (tertiary alicyclic amines) is 1. The zero-order chi connectivity index (χ0) is 17.7. The summed E-state index contributed by atoms with van der Waals surface area (Å²) >= 11 is 6.04. The van der Waals surface area contributed by atoms with E-state index in [1.165, 1.54) is 0 Å². The molecule has 1 atom stereocenters. The largest absolute Gasteiger partial charge is 0.352 e. The average Bonchev–Trinajstić information content (AvgIpc) is 2.54. The van der Waals surface area contributed by atoms with E-state index in [1.807, 2.05) is 41.1 Å². The van der Waals surface area contributed by atoms with Gasteiger partial charge >= 0.3 is 0 Å². The van der Waals surface area contributed by atoms with Gasteiger partial charge in [0.15, 0.2) is 0 Å². The van der Waals surface area contributed by atoms with Crippen LogP contribution in [0.25, 0.3) is 0 Å². The molecule has 1 fully saturated rings. The third-order valence-corrected chi connectivity index (χ3v) is 4.93. The SMILES string of the molecule is CC(=O)N1CCC(NC(=O)CN(C)C(C)c2cccc(Cl)c2)CC1. The topological polar surface area (TPSA) is 52.7 Å². The second-order valence-electron chi connectivity index (χ2n) is 6.49. The molecule has 1 aromatic carbocycles. The molecule has 1 aliphatic heterocycles. The maximum absolute atomic E-state index is 12.3. The Morgan fingerprint density at radius 2 is 2.04 bits per heavy atom. The lowest BCUT2D eigenvalue weighted by Gasteiger charge is -2.32. The van der Waals surface area contributed by atoms with Crippen LogP contribution < -0.4 is 5.32 Å². The molecule has 0 aliphatic carbocycles. The van der Waals surface area contributed by atoms with Crippen molar-refractivity contribution in [2.75, 3.05) is 26.7 Å². The van der Waals surface area contributed by atoms with E-state index >= 15 is 0 Å². The minimum absolute atomic E-state index is 0.0210. The smallest absolute Gasteiger partial charge is 0.234 e. The summed E-state index contributed by atoms with van der Waals surface area (Å²) in [4.78, 5) is 27.4. The molecular weight excluding hydrogens is 326 g/mol. The van der Waals surface area contributed by atoms with Crippen LogP contribution in [-0.2, 0) is 9.59 Å². The summed E-state index contributed by atoms with van der Waals surface area (Å²) in [6.45, 7) is 5.42. The number of nitrogens with one attached hydrogen (secondary N) is 1. The standard InChI is InChI=1S/C18H26ClN3O2/c1-13(15-5-4-6-16(19)11-15)21(3)12-18(24)20-17-7-9-22(10-8-17)14(2)23/h4-6,11,13,17H,7-10,12H2,1-3H3,(H,20,24). The third kappa shape index (κ3) is 5.21. The third-order valence-electron chi connectivity index (χ3n) is 4.69. The molecule has 24 heavy (non-hydrogen) atoms. The fraction of sp³-hybridized carbons (Fsp3) is 0.556.